The minimum atomic E-state index is -4.08. The average Bonchev–Trinajstić information content (AvgIpc) is 3.23. The van der Waals surface area contributed by atoms with Gasteiger partial charge in [-0.15, -0.1) is 11.3 Å². The largest absolute Gasteiger partial charge is 0.497 e. The fourth-order valence-corrected chi connectivity index (χ4v) is 6.89. The molecule has 1 aliphatic heterocycles. The van der Waals surface area contributed by atoms with Gasteiger partial charge in [-0.2, -0.15) is 0 Å². The number of sulfonamides is 1. The van der Waals surface area contributed by atoms with E-state index >= 15 is 0 Å². The van der Waals surface area contributed by atoms with Gasteiger partial charge in [0.2, 0.25) is 5.91 Å². The second kappa shape index (κ2) is 10.9. The maximum atomic E-state index is 13.6. The molecule has 3 aromatic rings. The first kappa shape index (κ1) is 26.6. The van der Waals surface area contributed by atoms with Crippen LogP contribution in [-0.4, -0.2) is 59.6 Å². The van der Waals surface area contributed by atoms with E-state index in [0.29, 0.717) is 35.0 Å². The standard InChI is InChI=1S/C26H29N3O6S2/c1-17-5-11-20(12-6-17)37(32,33)29(18-7-9-19(34-3)10-8-18)16-23(30)27-25-24(26(31)35-4)21-13-14-28(2)15-22(21)36-25/h5-12H,13-16H2,1-4H3,(H,27,30). The third kappa shape index (κ3) is 5.63. The highest BCUT2D eigenvalue weighted by molar-refractivity contribution is 7.92. The van der Waals surface area contributed by atoms with Gasteiger partial charge >= 0.3 is 5.97 Å². The first-order valence-corrected chi connectivity index (χ1v) is 13.8. The average molecular weight is 544 g/mol. The lowest BCUT2D eigenvalue weighted by molar-refractivity contribution is -0.114. The monoisotopic (exact) mass is 543 g/mol. The first-order valence-electron chi connectivity index (χ1n) is 11.6. The number of carbonyl (C=O) groups is 2. The summed E-state index contributed by atoms with van der Waals surface area (Å²) in [6, 6.07) is 12.9. The molecule has 0 atom stereocenters. The number of esters is 1. The van der Waals surface area contributed by atoms with Crippen molar-refractivity contribution in [1.29, 1.82) is 0 Å². The van der Waals surface area contributed by atoms with Gasteiger partial charge in [-0.1, -0.05) is 17.7 Å². The van der Waals surface area contributed by atoms with Crippen LogP contribution < -0.4 is 14.4 Å². The van der Waals surface area contributed by atoms with E-state index in [2.05, 4.69) is 10.2 Å². The number of carbonyl (C=O) groups excluding carboxylic acids is 2. The van der Waals surface area contributed by atoms with Crippen molar-refractivity contribution in [2.45, 2.75) is 24.8 Å². The molecule has 0 bridgehead atoms. The molecule has 2 aromatic carbocycles. The van der Waals surface area contributed by atoms with Crippen molar-refractivity contribution in [3.63, 3.8) is 0 Å². The van der Waals surface area contributed by atoms with Crippen molar-refractivity contribution in [3.8, 4) is 5.75 Å². The maximum Gasteiger partial charge on any atom is 0.341 e. The molecule has 1 aliphatic rings. The smallest absolute Gasteiger partial charge is 0.341 e. The lowest BCUT2D eigenvalue weighted by atomic mass is 10.0. The summed E-state index contributed by atoms with van der Waals surface area (Å²) in [6.45, 7) is 2.80. The van der Waals surface area contributed by atoms with Crippen LogP contribution in [0.1, 0.15) is 26.4 Å². The number of anilines is 2. The normalized spacial score (nSPS) is 13.5. The SMILES string of the molecule is COC(=O)c1c(NC(=O)CN(c2ccc(OC)cc2)S(=O)(=O)c2ccc(C)cc2)sc2c1CCN(C)C2. The van der Waals surface area contributed by atoms with E-state index in [1.807, 2.05) is 14.0 Å². The van der Waals surface area contributed by atoms with E-state index in [9.17, 15) is 18.0 Å². The summed E-state index contributed by atoms with van der Waals surface area (Å²) in [6.07, 6.45) is 0.655. The van der Waals surface area contributed by atoms with Gasteiger partial charge in [0.05, 0.1) is 30.4 Å². The van der Waals surface area contributed by atoms with Crippen molar-refractivity contribution in [2.75, 3.05) is 44.0 Å². The minimum Gasteiger partial charge on any atom is -0.497 e. The molecule has 1 aromatic heterocycles. The summed E-state index contributed by atoms with van der Waals surface area (Å²) in [5, 5.41) is 3.14. The van der Waals surface area contributed by atoms with E-state index < -0.39 is 28.4 Å². The molecular formula is C26H29N3O6S2. The third-order valence-electron chi connectivity index (χ3n) is 6.15. The Morgan fingerprint density at radius 1 is 1.08 bits per heavy atom. The number of hydrogen-bond donors (Lipinski definition) is 1. The number of likely N-dealkylation sites (N-methyl/N-ethyl adjacent to an activating group) is 1. The van der Waals surface area contributed by atoms with Gasteiger partial charge in [0, 0.05) is 18.0 Å². The van der Waals surface area contributed by atoms with Gasteiger partial charge < -0.3 is 19.7 Å². The molecule has 2 heterocycles. The van der Waals surface area contributed by atoms with Crippen LogP contribution in [0.5, 0.6) is 5.75 Å². The number of nitrogens with one attached hydrogen (secondary N) is 1. The first-order chi connectivity index (χ1) is 17.6. The molecule has 9 nitrogen and oxygen atoms in total. The number of amides is 1. The quantitative estimate of drug-likeness (QED) is 0.432. The number of fused-ring (bicyclic) bond motifs is 1. The molecule has 0 spiro atoms. The Labute approximate surface area is 220 Å². The number of ether oxygens (including phenoxy) is 2. The van der Waals surface area contributed by atoms with Crippen LogP contribution in [0.4, 0.5) is 10.7 Å². The molecule has 37 heavy (non-hydrogen) atoms. The Hall–Kier alpha value is -3.41. The molecule has 0 radical (unpaired) electrons. The molecular weight excluding hydrogens is 514 g/mol. The van der Waals surface area contributed by atoms with E-state index in [1.54, 1.807) is 36.4 Å². The summed E-state index contributed by atoms with van der Waals surface area (Å²) in [5.41, 5.74) is 2.41. The number of aryl methyl sites for hydroxylation is 1. The maximum absolute atomic E-state index is 13.6. The van der Waals surface area contributed by atoms with Crippen molar-refractivity contribution < 1.29 is 27.5 Å². The molecule has 0 saturated heterocycles. The topological polar surface area (TPSA) is 105 Å². The fraction of sp³-hybridized carbons (Fsp3) is 0.308. The van der Waals surface area contributed by atoms with Gasteiger partial charge in [0.1, 0.15) is 17.3 Å². The van der Waals surface area contributed by atoms with E-state index in [-0.39, 0.29) is 4.90 Å². The number of nitrogens with zero attached hydrogens (tertiary/aromatic N) is 2. The number of thiophene rings is 1. The van der Waals surface area contributed by atoms with Crippen LogP contribution in [0.3, 0.4) is 0 Å². The van der Waals surface area contributed by atoms with Gasteiger partial charge in [-0.05, 0) is 62.4 Å². The van der Waals surface area contributed by atoms with Crippen LogP contribution in [-0.2, 0) is 32.5 Å². The zero-order valence-electron chi connectivity index (χ0n) is 21.1. The Kier molecular flexibility index (Phi) is 7.86. The molecule has 1 N–H and O–H groups in total. The van der Waals surface area contributed by atoms with Crippen LogP contribution in [0, 0.1) is 6.92 Å². The van der Waals surface area contributed by atoms with E-state index in [1.165, 1.54) is 37.7 Å². The molecule has 1 amide bonds. The fourth-order valence-electron chi connectivity index (χ4n) is 4.13. The van der Waals surface area contributed by atoms with Crippen molar-refractivity contribution in [2.24, 2.45) is 0 Å². The van der Waals surface area contributed by atoms with Crippen LogP contribution in [0.15, 0.2) is 53.4 Å². The Balaban J connectivity index is 1.68. The summed E-state index contributed by atoms with van der Waals surface area (Å²) in [7, 11) is 0.718. The molecule has 11 heteroatoms. The van der Waals surface area contributed by atoms with Gasteiger partial charge in [-0.25, -0.2) is 13.2 Å². The second-order valence-electron chi connectivity index (χ2n) is 8.76. The highest BCUT2D eigenvalue weighted by atomic mass is 32.2. The predicted molar refractivity (Wildman–Crippen MR) is 143 cm³/mol. The van der Waals surface area contributed by atoms with Crippen LogP contribution in [0.25, 0.3) is 0 Å². The summed E-state index contributed by atoms with van der Waals surface area (Å²) >= 11 is 1.31. The van der Waals surface area contributed by atoms with E-state index in [4.69, 9.17) is 9.47 Å². The predicted octanol–water partition coefficient (Wildman–Crippen LogP) is 3.67. The number of benzene rings is 2. The second-order valence-corrected chi connectivity index (χ2v) is 11.7. The highest BCUT2D eigenvalue weighted by Gasteiger charge is 2.31. The Bertz CT molecular complexity index is 1400. The summed E-state index contributed by atoms with van der Waals surface area (Å²) in [4.78, 5) is 29.1. The zero-order valence-corrected chi connectivity index (χ0v) is 22.7. The van der Waals surface area contributed by atoms with Crippen LogP contribution >= 0.6 is 11.3 Å². The minimum absolute atomic E-state index is 0.0617. The third-order valence-corrected chi connectivity index (χ3v) is 9.07. The molecule has 0 unspecified atom stereocenters. The number of hydrogen-bond acceptors (Lipinski definition) is 8. The highest BCUT2D eigenvalue weighted by Crippen LogP contribution is 2.37. The van der Waals surface area contributed by atoms with Crippen molar-refractivity contribution >= 4 is 43.9 Å². The number of methoxy groups -OCH3 is 2. The lowest BCUT2D eigenvalue weighted by Gasteiger charge is -2.24. The zero-order chi connectivity index (χ0) is 26.7. The van der Waals surface area contributed by atoms with Crippen molar-refractivity contribution in [3.05, 3.63) is 70.1 Å². The van der Waals surface area contributed by atoms with Crippen molar-refractivity contribution in [1.82, 2.24) is 4.90 Å². The van der Waals surface area contributed by atoms with Gasteiger partial charge in [0.25, 0.3) is 10.0 Å². The lowest BCUT2D eigenvalue weighted by Crippen LogP contribution is -2.38. The Morgan fingerprint density at radius 2 is 1.76 bits per heavy atom. The van der Waals surface area contributed by atoms with Crippen LogP contribution in [0.2, 0.25) is 0 Å². The molecule has 4 rings (SSSR count). The van der Waals surface area contributed by atoms with Gasteiger partial charge in [-0.3, -0.25) is 9.10 Å². The van der Waals surface area contributed by atoms with E-state index in [0.717, 1.165) is 26.9 Å². The molecule has 0 saturated carbocycles. The molecule has 0 fully saturated rings. The summed E-state index contributed by atoms with van der Waals surface area (Å²) < 4.78 is 38.5. The number of rotatable bonds is 8. The molecule has 196 valence electrons. The van der Waals surface area contributed by atoms with Gasteiger partial charge in [0.15, 0.2) is 0 Å². The Morgan fingerprint density at radius 3 is 2.38 bits per heavy atom. The summed E-state index contributed by atoms with van der Waals surface area (Å²) in [5.74, 6) is -0.557. The molecule has 0 aliphatic carbocycles.